The second-order valence-electron chi connectivity index (χ2n) is 7.33. The molecule has 0 unspecified atom stereocenters. The van der Waals surface area contributed by atoms with Gasteiger partial charge < -0.3 is 14.7 Å². The van der Waals surface area contributed by atoms with Crippen molar-refractivity contribution in [1.82, 2.24) is 14.7 Å². The van der Waals surface area contributed by atoms with E-state index < -0.39 is 0 Å². The highest BCUT2D eigenvalue weighted by Gasteiger charge is 2.25. The van der Waals surface area contributed by atoms with Gasteiger partial charge in [-0.15, -0.1) is 0 Å². The summed E-state index contributed by atoms with van der Waals surface area (Å²) in [6, 6.07) is 22.0. The fraction of sp³-hybridized carbons (Fsp3) is 0.292. The van der Waals surface area contributed by atoms with Gasteiger partial charge in [-0.1, -0.05) is 60.7 Å². The van der Waals surface area contributed by atoms with Crippen LogP contribution >= 0.6 is 0 Å². The van der Waals surface area contributed by atoms with Gasteiger partial charge in [-0.2, -0.15) is 5.26 Å². The van der Waals surface area contributed by atoms with Crippen LogP contribution in [-0.4, -0.2) is 52.7 Å². The lowest BCUT2D eigenvalue weighted by molar-refractivity contribution is -0.136. The third-order valence-electron chi connectivity index (χ3n) is 5.13. The Bertz CT molecular complexity index is 885. The fourth-order valence-corrected chi connectivity index (χ4v) is 3.49. The summed E-state index contributed by atoms with van der Waals surface area (Å²) in [5, 5.41) is 9.69. The lowest BCUT2D eigenvalue weighted by Crippen LogP contribution is -2.50. The van der Waals surface area contributed by atoms with Crippen LogP contribution in [0.15, 0.2) is 72.4 Å². The number of piperazine rings is 1. The van der Waals surface area contributed by atoms with Crippen LogP contribution in [0, 0.1) is 11.3 Å². The van der Waals surface area contributed by atoms with Gasteiger partial charge in [0, 0.05) is 52.4 Å². The Balaban J connectivity index is 1.77. The molecule has 0 spiro atoms. The van der Waals surface area contributed by atoms with Gasteiger partial charge in [0.25, 0.3) is 5.91 Å². The van der Waals surface area contributed by atoms with Crippen LogP contribution < -0.4 is 0 Å². The highest BCUT2D eigenvalue weighted by molar-refractivity contribution is 5.97. The molecule has 0 aromatic heterocycles. The maximum atomic E-state index is 13.0. The topological polar surface area (TPSA) is 67.6 Å². The van der Waals surface area contributed by atoms with Crippen LogP contribution in [0.25, 0.3) is 0 Å². The van der Waals surface area contributed by atoms with Gasteiger partial charge in [-0.05, 0) is 11.1 Å². The Morgan fingerprint density at radius 2 is 1.37 bits per heavy atom. The molecule has 30 heavy (non-hydrogen) atoms. The van der Waals surface area contributed by atoms with Crippen molar-refractivity contribution >= 4 is 11.8 Å². The van der Waals surface area contributed by atoms with Gasteiger partial charge in [0.15, 0.2) is 0 Å². The van der Waals surface area contributed by atoms with Gasteiger partial charge in [0.05, 0.1) is 0 Å². The summed E-state index contributed by atoms with van der Waals surface area (Å²) in [4.78, 5) is 29.8. The average molecular weight is 402 g/mol. The first-order valence-corrected chi connectivity index (χ1v) is 10.1. The number of nitriles is 1. The van der Waals surface area contributed by atoms with E-state index in [1.807, 2.05) is 65.6 Å². The Morgan fingerprint density at radius 1 is 0.900 bits per heavy atom. The predicted molar refractivity (Wildman–Crippen MR) is 115 cm³/mol. The third-order valence-corrected chi connectivity index (χ3v) is 5.13. The molecule has 154 valence electrons. The van der Waals surface area contributed by atoms with E-state index >= 15 is 0 Å². The van der Waals surface area contributed by atoms with Crippen molar-refractivity contribution in [3.63, 3.8) is 0 Å². The number of hydrogen-bond donors (Lipinski definition) is 0. The lowest BCUT2D eigenvalue weighted by atomic mass is 10.1. The summed E-state index contributed by atoms with van der Waals surface area (Å²) in [5.41, 5.74) is 2.31. The molecule has 1 saturated heterocycles. The first kappa shape index (κ1) is 21.1. The van der Waals surface area contributed by atoms with Crippen molar-refractivity contribution in [3.05, 3.63) is 83.6 Å². The molecule has 1 fully saturated rings. The third kappa shape index (κ3) is 5.71. The minimum atomic E-state index is -0.285. The molecule has 1 aliphatic heterocycles. The minimum absolute atomic E-state index is 0.00930. The van der Waals surface area contributed by atoms with Crippen molar-refractivity contribution in [3.8, 4) is 6.07 Å². The van der Waals surface area contributed by atoms with E-state index in [0.29, 0.717) is 39.3 Å². The van der Waals surface area contributed by atoms with Gasteiger partial charge in [0.2, 0.25) is 5.91 Å². The highest BCUT2D eigenvalue weighted by Crippen LogP contribution is 2.14. The van der Waals surface area contributed by atoms with Crippen molar-refractivity contribution in [2.75, 3.05) is 26.2 Å². The normalized spacial score (nSPS) is 14.2. The second kappa shape index (κ2) is 10.3. The quantitative estimate of drug-likeness (QED) is 0.550. The van der Waals surface area contributed by atoms with Crippen molar-refractivity contribution in [1.29, 1.82) is 5.26 Å². The number of hydrogen-bond acceptors (Lipinski definition) is 4. The van der Waals surface area contributed by atoms with E-state index in [2.05, 4.69) is 6.07 Å². The molecular weight excluding hydrogens is 376 g/mol. The summed E-state index contributed by atoms with van der Waals surface area (Å²) in [6.07, 6.45) is 1.67. The maximum Gasteiger partial charge on any atom is 0.266 e. The van der Waals surface area contributed by atoms with Crippen molar-refractivity contribution < 1.29 is 9.59 Å². The van der Waals surface area contributed by atoms with E-state index in [1.54, 1.807) is 16.0 Å². The van der Waals surface area contributed by atoms with Crippen molar-refractivity contribution in [2.24, 2.45) is 0 Å². The molecule has 0 radical (unpaired) electrons. The summed E-state index contributed by atoms with van der Waals surface area (Å²) < 4.78 is 0. The van der Waals surface area contributed by atoms with E-state index in [0.717, 1.165) is 11.1 Å². The number of amides is 2. The molecule has 3 rings (SSSR count). The molecule has 0 saturated carbocycles. The SMILES string of the molecule is CC(=O)N1CCN(C(=O)/C(C#N)=C\N(Cc2ccccc2)Cc2ccccc2)CC1. The van der Waals surface area contributed by atoms with E-state index in [4.69, 9.17) is 0 Å². The fourth-order valence-electron chi connectivity index (χ4n) is 3.49. The largest absolute Gasteiger partial charge is 0.367 e. The molecule has 1 heterocycles. The van der Waals surface area contributed by atoms with Crippen LogP contribution in [-0.2, 0) is 22.7 Å². The van der Waals surface area contributed by atoms with Gasteiger partial charge in [-0.3, -0.25) is 9.59 Å². The molecule has 2 aromatic rings. The molecule has 0 bridgehead atoms. The minimum Gasteiger partial charge on any atom is -0.367 e. The molecule has 2 amide bonds. The molecule has 6 heteroatoms. The summed E-state index contributed by atoms with van der Waals surface area (Å²) in [6.45, 7) is 4.58. The zero-order valence-electron chi connectivity index (χ0n) is 17.2. The van der Waals surface area contributed by atoms with E-state index in [-0.39, 0.29) is 17.4 Å². The standard InChI is InChI=1S/C24H26N4O2/c1-20(29)27-12-14-28(15-13-27)24(30)23(16-25)19-26(17-21-8-4-2-5-9-21)18-22-10-6-3-7-11-22/h2-11,19H,12-15,17-18H2,1H3/b23-19-. The molecule has 0 aliphatic carbocycles. The molecular formula is C24H26N4O2. The Morgan fingerprint density at radius 3 is 1.80 bits per heavy atom. The first-order chi connectivity index (χ1) is 14.6. The predicted octanol–water partition coefficient (Wildman–Crippen LogP) is 2.79. The molecule has 0 atom stereocenters. The number of nitrogens with zero attached hydrogens (tertiary/aromatic N) is 4. The van der Waals surface area contributed by atoms with Crippen LogP contribution in [0.3, 0.4) is 0 Å². The van der Waals surface area contributed by atoms with Gasteiger partial charge in [-0.25, -0.2) is 0 Å². The van der Waals surface area contributed by atoms with Crippen molar-refractivity contribution in [2.45, 2.75) is 20.0 Å². The number of carbonyl (C=O) groups is 2. The molecule has 2 aromatic carbocycles. The van der Waals surface area contributed by atoms with Gasteiger partial charge in [0.1, 0.15) is 11.6 Å². The Hall–Kier alpha value is -3.59. The number of rotatable bonds is 6. The summed E-state index contributed by atoms with van der Waals surface area (Å²) in [5.74, 6) is -0.276. The van der Waals surface area contributed by atoms with Crippen LogP contribution in [0.1, 0.15) is 18.1 Å². The molecule has 6 nitrogen and oxygen atoms in total. The number of benzene rings is 2. The smallest absolute Gasteiger partial charge is 0.266 e. The van der Waals surface area contributed by atoms with Gasteiger partial charge >= 0.3 is 0 Å². The Labute approximate surface area is 177 Å². The highest BCUT2D eigenvalue weighted by atomic mass is 16.2. The summed E-state index contributed by atoms with van der Waals surface area (Å²) in [7, 11) is 0. The Kier molecular flexibility index (Phi) is 7.23. The van der Waals surface area contributed by atoms with E-state index in [1.165, 1.54) is 6.92 Å². The lowest BCUT2D eigenvalue weighted by Gasteiger charge is -2.34. The molecule has 0 N–H and O–H groups in total. The zero-order chi connectivity index (χ0) is 21.3. The second-order valence-corrected chi connectivity index (χ2v) is 7.33. The van der Waals surface area contributed by atoms with Crippen LogP contribution in [0.5, 0.6) is 0 Å². The number of carbonyl (C=O) groups excluding carboxylic acids is 2. The monoisotopic (exact) mass is 402 g/mol. The first-order valence-electron chi connectivity index (χ1n) is 10.1. The average Bonchev–Trinajstić information content (AvgIpc) is 2.78. The van der Waals surface area contributed by atoms with Crippen LogP contribution in [0.2, 0.25) is 0 Å². The zero-order valence-corrected chi connectivity index (χ0v) is 17.2. The van der Waals surface area contributed by atoms with Crippen LogP contribution in [0.4, 0.5) is 0 Å². The molecule has 1 aliphatic rings. The maximum absolute atomic E-state index is 13.0. The summed E-state index contributed by atoms with van der Waals surface area (Å²) >= 11 is 0. The van der Waals surface area contributed by atoms with E-state index in [9.17, 15) is 14.9 Å².